The number of hydrogen-bond donors (Lipinski definition) is 1. The fourth-order valence-electron chi connectivity index (χ4n) is 1.98. The summed E-state index contributed by atoms with van der Waals surface area (Å²) < 4.78 is 26.5. The largest absolute Gasteiger partial charge is 0.373 e. The number of nitrogens with one attached hydrogen (secondary N) is 1. The minimum atomic E-state index is -0.581. The molecular weight excluding hydrogens is 260 g/mol. The molecule has 0 bridgehead atoms. The molecule has 0 spiro atoms. The Morgan fingerprint density at radius 1 is 1.15 bits per heavy atom. The number of aromatic nitrogens is 2. The van der Waals surface area contributed by atoms with Crippen molar-refractivity contribution in [1.29, 1.82) is 0 Å². The molecule has 0 fully saturated rings. The molecule has 2 aromatic rings. The van der Waals surface area contributed by atoms with Gasteiger partial charge in [-0.15, -0.1) is 0 Å². The van der Waals surface area contributed by atoms with Gasteiger partial charge in [0, 0.05) is 31.3 Å². The standard InChI is InChI=1S/C15H17F2N3/c1-3-4-12-9-14(18-2)20-15(19-12)7-10-5-6-11(16)8-13(10)17/h5-6,8-9H,3-4,7H2,1-2H3,(H,18,19,20). The van der Waals surface area contributed by atoms with Crippen molar-refractivity contribution in [2.45, 2.75) is 26.2 Å². The molecule has 0 aliphatic heterocycles. The average molecular weight is 277 g/mol. The van der Waals surface area contributed by atoms with E-state index in [4.69, 9.17) is 0 Å². The van der Waals surface area contributed by atoms with E-state index in [-0.39, 0.29) is 6.42 Å². The summed E-state index contributed by atoms with van der Waals surface area (Å²) in [6.07, 6.45) is 2.07. The lowest BCUT2D eigenvalue weighted by molar-refractivity contribution is 0.573. The number of nitrogens with zero attached hydrogens (tertiary/aromatic N) is 2. The van der Waals surface area contributed by atoms with Crippen molar-refractivity contribution in [3.8, 4) is 0 Å². The summed E-state index contributed by atoms with van der Waals surface area (Å²) in [5.41, 5.74) is 1.31. The predicted molar refractivity (Wildman–Crippen MR) is 74.7 cm³/mol. The molecule has 20 heavy (non-hydrogen) atoms. The van der Waals surface area contributed by atoms with Gasteiger partial charge in [0.1, 0.15) is 23.3 Å². The van der Waals surface area contributed by atoms with E-state index in [0.29, 0.717) is 17.2 Å². The quantitative estimate of drug-likeness (QED) is 0.910. The highest BCUT2D eigenvalue weighted by Gasteiger charge is 2.09. The highest BCUT2D eigenvalue weighted by atomic mass is 19.1. The molecule has 1 aromatic carbocycles. The fraction of sp³-hybridized carbons (Fsp3) is 0.333. The lowest BCUT2D eigenvalue weighted by Gasteiger charge is -2.08. The summed E-state index contributed by atoms with van der Waals surface area (Å²) in [5.74, 6) is 0.0927. The zero-order valence-electron chi connectivity index (χ0n) is 11.6. The van der Waals surface area contributed by atoms with Crippen LogP contribution in [0.4, 0.5) is 14.6 Å². The van der Waals surface area contributed by atoms with Gasteiger partial charge in [0.15, 0.2) is 0 Å². The Kier molecular flexibility index (Phi) is 4.61. The number of aryl methyl sites for hydroxylation is 1. The molecule has 0 aliphatic rings. The Morgan fingerprint density at radius 3 is 2.60 bits per heavy atom. The Labute approximate surface area is 117 Å². The van der Waals surface area contributed by atoms with Crippen molar-refractivity contribution in [3.05, 3.63) is 53.0 Å². The van der Waals surface area contributed by atoms with E-state index in [1.807, 2.05) is 6.07 Å². The van der Waals surface area contributed by atoms with Crippen molar-refractivity contribution in [2.24, 2.45) is 0 Å². The topological polar surface area (TPSA) is 37.8 Å². The minimum absolute atomic E-state index is 0.248. The third kappa shape index (κ3) is 3.50. The molecule has 1 aromatic heterocycles. The van der Waals surface area contributed by atoms with Gasteiger partial charge in [-0.3, -0.25) is 0 Å². The van der Waals surface area contributed by atoms with Crippen LogP contribution in [0.1, 0.15) is 30.4 Å². The fourth-order valence-corrected chi connectivity index (χ4v) is 1.98. The highest BCUT2D eigenvalue weighted by molar-refractivity contribution is 5.36. The van der Waals surface area contributed by atoms with Crippen molar-refractivity contribution >= 4 is 5.82 Å². The first-order valence-electron chi connectivity index (χ1n) is 6.61. The van der Waals surface area contributed by atoms with Crippen LogP contribution in [-0.4, -0.2) is 17.0 Å². The molecular formula is C15H17F2N3. The summed E-state index contributed by atoms with van der Waals surface area (Å²) in [4.78, 5) is 8.73. The van der Waals surface area contributed by atoms with E-state index in [9.17, 15) is 8.78 Å². The second-order valence-electron chi connectivity index (χ2n) is 4.57. The van der Waals surface area contributed by atoms with Gasteiger partial charge in [-0.2, -0.15) is 0 Å². The van der Waals surface area contributed by atoms with Crippen LogP contribution in [0.2, 0.25) is 0 Å². The Hall–Kier alpha value is -2.04. The van der Waals surface area contributed by atoms with Gasteiger partial charge in [-0.05, 0) is 18.1 Å². The molecule has 1 heterocycles. The van der Waals surface area contributed by atoms with Crippen molar-refractivity contribution in [3.63, 3.8) is 0 Å². The van der Waals surface area contributed by atoms with Crippen LogP contribution in [0.25, 0.3) is 0 Å². The second kappa shape index (κ2) is 6.41. The van der Waals surface area contributed by atoms with E-state index in [0.717, 1.165) is 24.6 Å². The molecule has 5 heteroatoms. The van der Waals surface area contributed by atoms with Gasteiger partial charge in [-0.1, -0.05) is 19.4 Å². The second-order valence-corrected chi connectivity index (χ2v) is 4.57. The number of hydrogen-bond acceptors (Lipinski definition) is 3. The van der Waals surface area contributed by atoms with Crippen molar-refractivity contribution < 1.29 is 8.78 Å². The van der Waals surface area contributed by atoms with Crippen LogP contribution in [0.3, 0.4) is 0 Å². The van der Waals surface area contributed by atoms with Gasteiger partial charge < -0.3 is 5.32 Å². The summed E-state index contributed by atoms with van der Waals surface area (Å²) in [7, 11) is 1.78. The summed E-state index contributed by atoms with van der Waals surface area (Å²) >= 11 is 0. The normalized spacial score (nSPS) is 10.6. The zero-order valence-corrected chi connectivity index (χ0v) is 11.6. The van der Waals surface area contributed by atoms with Gasteiger partial charge in [0.05, 0.1) is 0 Å². The van der Waals surface area contributed by atoms with Gasteiger partial charge in [0.2, 0.25) is 0 Å². The lowest BCUT2D eigenvalue weighted by Crippen LogP contribution is -2.05. The predicted octanol–water partition coefficient (Wildman–Crippen LogP) is 3.34. The van der Waals surface area contributed by atoms with E-state index in [2.05, 4.69) is 22.2 Å². The Morgan fingerprint density at radius 2 is 1.95 bits per heavy atom. The van der Waals surface area contributed by atoms with Gasteiger partial charge in [-0.25, -0.2) is 18.7 Å². The highest BCUT2D eigenvalue weighted by Crippen LogP contribution is 2.15. The molecule has 0 saturated heterocycles. The van der Waals surface area contributed by atoms with Crippen LogP contribution in [0, 0.1) is 11.6 Å². The number of anilines is 1. The van der Waals surface area contributed by atoms with E-state index in [1.54, 1.807) is 7.05 Å². The molecule has 3 nitrogen and oxygen atoms in total. The first-order chi connectivity index (χ1) is 9.62. The van der Waals surface area contributed by atoms with Gasteiger partial charge in [0.25, 0.3) is 0 Å². The number of rotatable bonds is 5. The van der Waals surface area contributed by atoms with E-state index >= 15 is 0 Å². The zero-order chi connectivity index (χ0) is 14.5. The monoisotopic (exact) mass is 277 g/mol. The number of benzene rings is 1. The Bertz CT molecular complexity index is 600. The molecule has 0 aliphatic carbocycles. The summed E-state index contributed by atoms with van der Waals surface area (Å²) in [6, 6.07) is 5.44. The first kappa shape index (κ1) is 14.4. The summed E-state index contributed by atoms with van der Waals surface area (Å²) in [5, 5.41) is 2.97. The van der Waals surface area contributed by atoms with Crippen LogP contribution >= 0.6 is 0 Å². The summed E-state index contributed by atoms with van der Waals surface area (Å²) in [6.45, 7) is 2.07. The van der Waals surface area contributed by atoms with Gasteiger partial charge >= 0.3 is 0 Å². The van der Waals surface area contributed by atoms with E-state index < -0.39 is 11.6 Å². The minimum Gasteiger partial charge on any atom is -0.373 e. The third-order valence-electron chi connectivity index (χ3n) is 2.95. The smallest absolute Gasteiger partial charge is 0.135 e. The molecule has 0 radical (unpaired) electrons. The maximum Gasteiger partial charge on any atom is 0.135 e. The van der Waals surface area contributed by atoms with Crippen LogP contribution in [-0.2, 0) is 12.8 Å². The van der Waals surface area contributed by atoms with Crippen LogP contribution in [0.5, 0.6) is 0 Å². The maximum absolute atomic E-state index is 13.7. The average Bonchev–Trinajstić information content (AvgIpc) is 2.42. The molecule has 0 saturated carbocycles. The lowest BCUT2D eigenvalue weighted by atomic mass is 10.1. The van der Waals surface area contributed by atoms with Crippen molar-refractivity contribution in [1.82, 2.24) is 9.97 Å². The molecule has 1 N–H and O–H groups in total. The van der Waals surface area contributed by atoms with E-state index in [1.165, 1.54) is 12.1 Å². The number of halogens is 2. The molecule has 0 unspecified atom stereocenters. The molecule has 0 atom stereocenters. The van der Waals surface area contributed by atoms with Crippen molar-refractivity contribution in [2.75, 3.05) is 12.4 Å². The maximum atomic E-state index is 13.7. The van der Waals surface area contributed by atoms with Crippen LogP contribution < -0.4 is 5.32 Å². The third-order valence-corrected chi connectivity index (χ3v) is 2.95. The van der Waals surface area contributed by atoms with Crippen LogP contribution in [0.15, 0.2) is 24.3 Å². The molecule has 2 rings (SSSR count). The Balaban J connectivity index is 2.29. The molecule has 106 valence electrons. The SMILES string of the molecule is CCCc1cc(NC)nc(Cc2ccc(F)cc2F)n1. The first-order valence-corrected chi connectivity index (χ1v) is 6.61. The molecule has 0 amide bonds.